The van der Waals surface area contributed by atoms with E-state index in [4.69, 9.17) is 20.4 Å². The van der Waals surface area contributed by atoms with Crippen LogP contribution in [0.5, 0.6) is 0 Å². The third-order valence-electron chi connectivity index (χ3n) is 4.63. The predicted molar refractivity (Wildman–Crippen MR) is 104 cm³/mol. The van der Waals surface area contributed by atoms with Crippen LogP contribution in [-0.4, -0.2) is 39.2 Å². The lowest BCUT2D eigenvalue weighted by atomic mass is 10.1. The molecule has 3 aromatic rings. The summed E-state index contributed by atoms with van der Waals surface area (Å²) in [5, 5.41) is 3.48. The molecule has 1 aliphatic heterocycles. The first-order valence-electron chi connectivity index (χ1n) is 9.32. The van der Waals surface area contributed by atoms with Crippen LogP contribution in [0.25, 0.3) is 5.95 Å². The molecule has 1 aliphatic rings. The van der Waals surface area contributed by atoms with Crippen molar-refractivity contribution in [1.82, 2.24) is 19.5 Å². The number of ether oxygens (including phenoxy) is 1. The molecule has 0 amide bonds. The highest BCUT2D eigenvalue weighted by atomic mass is 16.5. The summed E-state index contributed by atoms with van der Waals surface area (Å²) in [5.74, 6) is 1.48. The first kappa shape index (κ1) is 17.6. The Bertz CT molecular complexity index is 893. The van der Waals surface area contributed by atoms with E-state index in [1.54, 1.807) is 6.33 Å². The Morgan fingerprint density at radius 3 is 2.89 bits per heavy atom. The lowest BCUT2D eigenvalue weighted by molar-refractivity contribution is 0.109. The van der Waals surface area contributed by atoms with Gasteiger partial charge in [-0.3, -0.25) is 4.57 Å². The van der Waals surface area contributed by atoms with Crippen LogP contribution >= 0.6 is 0 Å². The number of benzene rings is 1. The maximum Gasteiger partial charge on any atom is 0.237 e. The second-order valence-corrected chi connectivity index (χ2v) is 6.57. The fraction of sp³-hybridized carbons (Fsp3) is 0.350. The van der Waals surface area contributed by atoms with Gasteiger partial charge in [-0.15, -0.1) is 0 Å². The minimum Gasteiger partial charge on any atom is -0.376 e. The lowest BCUT2D eigenvalue weighted by Crippen LogP contribution is -2.19. The first-order valence-corrected chi connectivity index (χ1v) is 9.32. The van der Waals surface area contributed by atoms with E-state index < -0.39 is 0 Å². The number of nitrogens with two attached hydrogens (primary N) is 1. The molecule has 0 saturated carbocycles. The van der Waals surface area contributed by atoms with Crippen LogP contribution in [0.1, 0.15) is 22.5 Å². The van der Waals surface area contributed by atoms with Crippen molar-refractivity contribution < 1.29 is 4.74 Å². The summed E-state index contributed by atoms with van der Waals surface area (Å²) in [7, 11) is 0. The van der Waals surface area contributed by atoms with Gasteiger partial charge in [0.15, 0.2) is 0 Å². The van der Waals surface area contributed by atoms with Gasteiger partial charge in [0, 0.05) is 31.1 Å². The van der Waals surface area contributed by atoms with Crippen LogP contribution in [0.3, 0.4) is 0 Å². The van der Waals surface area contributed by atoms with Crippen LogP contribution < -0.4 is 11.1 Å². The summed E-state index contributed by atoms with van der Waals surface area (Å²) in [6, 6.07) is 10.4. The summed E-state index contributed by atoms with van der Waals surface area (Å²) in [5.41, 5.74) is 9.96. The molecule has 0 saturated heterocycles. The minimum absolute atomic E-state index is 0.547. The molecule has 27 heavy (non-hydrogen) atoms. The van der Waals surface area contributed by atoms with Crippen molar-refractivity contribution in [3.8, 4) is 5.95 Å². The Kier molecular flexibility index (Phi) is 5.41. The molecule has 4 rings (SSSR count). The van der Waals surface area contributed by atoms with E-state index in [0.717, 1.165) is 48.6 Å². The number of aromatic nitrogens is 4. The van der Waals surface area contributed by atoms with Gasteiger partial charge in [-0.25, -0.2) is 9.97 Å². The average Bonchev–Trinajstić information content (AvgIpc) is 3.18. The molecule has 0 fully saturated rings. The van der Waals surface area contributed by atoms with Crippen LogP contribution in [0, 0.1) is 0 Å². The number of rotatable bonds is 7. The fourth-order valence-corrected chi connectivity index (χ4v) is 3.20. The monoisotopic (exact) mass is 364 g/mol. The zero-order valence-electron chi connectivity index (χ0n) is 15.3. The summed E-state index contributed by atoms with van der Waals surface area (Å²) in [6.45, 7) is 2.61. The highest BCUT2D eigenvalue weighted by Gasteiger charge is 2.19. The number of nitrogens with zero attached hydrogens (tertiary/aromatic N) is 4. The zero-order valence-corrected chi connectivity index (χ0v) is 15.3. The molecule has 0 unspecified atom stereocenters. The minimum atomic E-state index is 0.547. The second-order valence-electron chi connectivity index (χ2n) is 6.57. The lowest BCUT2D eigenvalue weighted by Gasteiger charge is -2.20. The molecule has 0 bridgehead atoms. The molecule has 3 N–H and O–H groups in total. The molecule has 7 heteroatoms. The average molecular weight is 364 g/mol. The number of fused-ring (bicyclic) bond motifs is 1. The molecule has 2 aromatic heterocycles. The van der Waals surface area contributed by atoms with Crippen LogP contribution in [-0.2, 0) is 30.6 Å². The van der Waals surface area contributed by atoms with Crippen molar-refractivity contribution in [3.05, 3.63) is 65.4 Å². The predicted octanol–water partition coefficient (Wildman–Crippen LogP) is 1.89. The van der Waals surface area contributed by atoms with Gasteiger partial charge in [0.1, 0.15) is 12.1 Å². The Morgan fingerprint density at radius 2 is 2.04 bits per heavy atom. The fourth-order valence-electron chi connectivity index (χ4n) is 3.20. The van der Waals surface area contributed by atoms with Gasteiger partial charge >= 0.3 is 0 Å². The molecular weight excluding hydrogens is 340 g/mol. The molecule has 0 atom stereocenters. The van der Waals surface area contributed by atoms with Crippen LogP contribution in [0.15, 0.2) is 42.9 Å². The Balaban J connectivity index is 1.57. The SMILES string of the molecule is NCCc1cn(-c2nc3c(c(NCCc4ccccc4)n2)COCC3)cn1. The highest BCUT2D eigenvalue weighted by molar-refractivity contribution is 5.49. The molecule has 140 valence electrons. The van der Waals surface area contributed by atoms with Crippen molar-refractivity contribution in [2.75, 3.05) is 25.0 Å². The van der Waals surface area contributed by atoms with Crippen LogP contribution in [0.4, 0.5) is 5.82 Å². The van der Waals surface area contributed by atoms with E-state index >= 15 is 0 Å². The zero-order chi connectivity index (χ0) is 18.5. The van der Waals surface area contributed by atoms with Gasteiger partial charge < -0.3 is 15.8 Å². The largest absolute Gasteiger partial charge is 0.376 e. The topological polar surface area (TPSA) is 90.9 Å². The van der Waals surface area contributed by atoms with Crippen molar-refractivity contribution >= 4 is 5.82 Å². The van der Waals surface area contributed by atoms with Gasteiger partial charge in [0.05, 0.1) is 24.6 Å². The van der Waals surface area contributed by atoms with E-state index in [0.29, 0.717) is 25.7 Å². The van der Waals surface area contributed by atoms with Crippen molar-refractivity contribution in [2.24, 2.45) is 5.73 Å². The first-order chi connectivity index (χ1) is 13.3. The van der Waals surface area contributed by atoms with Crippen LogP contribution in [0.2, 0.25) is 0 Å². The molecular formula is C20H24N6O. The van der Waals surface area contributed by atoms with E-state index in [9.17, 15) is 0 Å². The molecule has 0 spiro atoms. The number of hydrogen-bond acceptors (Lipinski definition) is 6. The Morgan fingerprint density at radius 1 is 1.15 bits per heavy atom. The molecule has 3 heterocycles. The standard InChI is InChI=1S/C20H24N6O/c21-9-6-16-12-26(14-23-16)20-24-18-8-11-27-13-17(18)19(25-20)22-10-7-15-4-2-1-3-5-15/h1-5,12,14H,6-11,13,21H2,(H,22,24,25). The summed E-state index contributed by atoms with van der Waals surface area (Å²) < 4.78 is 7.49. The normalized spacial score (nSPS) is 13.4. The third kappa shape index (κ3) is 4.15. The van der Waals surface area contributed by atoms with Gasteiger partial charge in [-0.2, -0.15) is 4.98 Å². The maximum absolute atomic E-state index is 5.63. The van der Waals surface area contributed by atoms with Gasteiger partial charge in [-0.1, -0.05) is 30.3 Å². The second kappa shape index (κ2) is 8.28. The third-order valence-corrected chi connectivity index (χ3v) is 4.63. The number of anilines is 1. The summed E-state index contributed by atoms with van der Waals surface area (Å²) in [4.78, 5) is 13.9. The highest BCUT2D eigenvalue weighted by Crippen LogP contribution is 2.23. The smallest absolute Gasteiger partial charge is 0.237 e. The molecule has 7 nitrogen and oxygen atoms in total. The number of imidazole rings is 1. The van der Waals surface area contributed by atoms with E-state index in [1.165, 1.54) is 5.56 Å². The van der Waals surface area contributed by atoms with Crippen molar-refractivity contribution in [1.29, 1.82) is 0 Å². The van der Waals surface area contributed by atoms with Gasteiger partial charge in [-0.05, 0) is 18.5 Å². The molecule has 0 aliphatic carbocycles. The van der Waals surface area contributed by atoms with Crippen molar-refractivity contribution in [2.45, 2.75) is 25.9 Å². The van der Waals surface area contributed by atoms with E-state index in [-0.39, 0.29) is 0 Å². The Hall–Kier alpha value is -2.77. The Labute approximate surface area is 158 Å². The number of nitrogens with one attached hydrogen (secondary N) is 1. The van der Waals surface area contributed by atoms with Gasteiger partial charge in [0.25, 0.3) is 0 Å². The quantitative estimate of drug-likeness (QED) is 0.665. The molecule has 0 radical (unpaired) electrons. The molecule has 1 aromatic carbocycles. The summed E-state index contributed by atoms with van der Waals surface area (Å²) in [6.07, 6.45) is 6.17. The van der Waals surface area contributed by atoms with Crippen molar-refractivity contribution in [3.63, 3.8) is 0 Å². The van der Waals surface area contributed by atoms with E-state index in [1.807, 2.05) is 16.8 Å². The maximum atomic E-state index is 5.63. The number of hydrogen-bond donors (Lipinski definition) is 2. The van der Waals surface area contributed by atoms with E-state index in [2.05, 4.69) is 34.6 Å². The summed E-state index contributed by atoms with van der Waals surface area (Å²) >= 11 is 0. The van der Waals surface area contributed by atoms with Gasteiger partial charge in [0.2, 0.25) is 5.95 Å².